The van der Waals surface area contributed by atoms with Gasteiger partial charge in [-0.2, -0.15) is 4.98 Å². The molecule has 0 aliphatic heterocycles. The van der Waals surface area contributed by atoms with Gasteiger partial charge in [0.15, 0.2) is 5.82 Å². The van der Waals surface area contributed by atoms with E-state index in [9.17, 15) is 9.59 Å². The van der Waals surface area contributed by atoms with Crippen LogP contribution < -0.4 is 0 Å². The van der Waals surface area contributed by atoms with Gasteiger partial charge < -0.3 is 18.7 Å². The summed E-state index contributed by atoms with van der Waals surface area (Å²) in [6.07, 6.45) is 11.8. The second-order valence-electron chi connectivity index (χ2n) is 12.1. The van der Waals surface area contributed by atoms with Crippen LogP contribution in [0.3, 0.4) is 0 Å². The SMILES string of the molecule is CCCCc1cc2cc(C(=O)N(CC)Cc3nc(C)no3)ccn2c1C(=O)c1ccc(CCCN(CCCC)CCCC)cc1. The molecule has 45 heavy (non-hydrogen) atoms. The van der Waals surface area contributed by atoms with E-state index in [2.05, 4.69) is 54.0 Å². The molecule has 8 nitrogen and oxygen atoms in total. The zero-order valence-corrected chi connectivity index (χ0v) is 28.0. The third-order valence-corrected chi connectivity index (χ3v) is 8.49. The van der Waals surface area contributed by atoms with Gasteiger partial charge in [-0.25, -0.2) is 0 Å². The number of carbonyl (C=O) groups excluding carboxylic acids is 2. The van der Waals surface area contributed by atoms with Gasteiger partial charge in [-0.15, -0.1) is 0 Å². The summed E-state index contributed by atoms with van der Waals surface area (Å²) in [5, 5.41) is 3.84. The van der Waals surface area contributed by atoms with Crippen molar-refractivity contribution in [2.45, 2.75) is 99.0 Å². The van der Waals surface area contributed by atoms with Crippen molar-refractivity contribution >= 4 is 17.2 Å². The van der Waals surface area contributed by atoms with Gasteiger partial charge in [0.2, 0.25) is 11.7 Å². The number of hydrogen-bond acceptors (Lipinski definition) is 6. The number of unbranched alkanes of at least 4 members (excludes halogenated alkanes) is 3. The van der Waals surface area contributed by atoms with Crippen molar-refractivity contribution in [1.82, 2.24) is 24.3 Å². The maximum atomic E-state index is 14.0. The molecule has 8 heteroatoms. The lowest BCUT2D eigenvalue weighted by Gasteiger charge is -2.21. The van der Waals surface area contributed by atoms with E-state index in [1.54, 1.807) is 17.9 Å². The first-order valence-corrected chi connectivity index (χ1v) is 17.0. The smallest absolute Gasteiger partial charge is 0.254 e. The van der Waals surface area contributed by atoms with E-state index in [4.69, 9.17) is 4.52 Å². The highest BCUT2D eigenvalue weighted by molar-refractivity contribution is 6.10. The van der Waals surface area contributed by atoms with E-state index in [0.29, 0.717) is 35.1 Å². The highest BCUT2D eigenvalue weighted by atomic mass is 16.5. The molecule has 0 radical (unpaired) electrons. The third-order valence-electron chi connectivity index (χ3n) is 8.49. The van der Waals surface area contributed by atoms with Crippen molar-refractivity contribution in [3.8, 4) is 0 Å². The van der Waals surface area contributed by atoms with E-state index in [0.717, 1.165) is 49.7 Å². The van der Waals surface area contributed by atoms with E-state index in [1.807, 2.05) is 35.7 Å². The van der Waals surface area contributed by atoms with E-state index in [1.165, 1.54) is 44.3 Å². The van der Waals surface area contributed by atoms with Gasteiger partial charge >= 0.3 is 0 Å². The van der Waals surface area contributed by atoms with Crippen LogP contribution in [-0.4, -0.2) is 62.2 Å². The molecule has 0 saturated carbocycles. The summed E-state index contributed by atoms with van der Waals surface area (Å²) in [4.78, 5) is 36.0. The molecule has 3 heterocycles. The summed E-state index contributed by atoms with van der Waals surface area (Å²) in [5.41, 5.74) is 5.06. The second-order valence-corrected chi connectivity index (χ2v) is 12.1. The number of amides is 1. The topological polar surface area (TPSA) is 84.0 Å². The van der Waals surface area contributed by atoms with Crippen LogP contribution in [0.4, 0.5) is 0 Å². The number of rotatable bonds is 19. The maximum absolute atomic E-state index is 14.0. The quantitative estimate of drug-likeness (QED) is 0.101. The predicted molar refractivity (Wildman–Crippen MR) is 180 cm³/mol. The number of nitrogens with zero attached hydrogens (tertiary/aromatic N) is 5. The van der Waals surface area contributed by atoms with Gasteiger partial charge in [-0.05, 0) is 101 Å². The number of pyridine rings is 1. The number of hydrogen-bond donors (Lipinski definition) is 0. The van der Waals surface area contributed by atoms with Crippen molar-refractivity contribution in [3.63, 3.8) is 0 Å². The van der Waals surface area contributed by atoms with Crippen molar-refractivity contribution in [1.29, 1.82) is 0 Å². The van der Waals surface area contributed by atoms with Crippen LogP contribution in [0.2, 0.25) is 0 Å². The lowest BCUT2D eigenvalue weighted by molar-refractivity contribution is 0.0734. The Morgan fingerprint density at radius 3 is 2.13 bits per heavy atom. The average Bonchev–Trinajstić information content (AvgIpc) is 3.64. The molecule has 0 saturated heterocycles. The molecular weight excluding hydrogens is 562 g/mol. The zero-order valence-electron chi connectivity index (χ0n) is 28.0. The standard InChI is InChI=1S/C37H51N5O3/c1-6-10-15-31-25-33-26-32(37(44)41(9-4)27-34-38-28(5)39-45-34)20-24-42(33)35(31)36(43)30-18-16-29(17-19-30)14-13-23-40(21-11-7-2)22-12-8-3/h16-20,24-26H,6-15,21-23,27H2,1-5H3. The first-order chi connectivity index (χ1) is 21.9. The molecule has 242 valence electrons. The molecule has 4 aromatic rings. The molecule has 0 fully saturated rings. The number of benzene rings is 1. The van der Waals surface area contributed by atoms with Gasteiger partial charge in [0, 0.05) is 29.4 Å². The van der Waals surface area contributed by atoms with Crippen LogP contribution in [0.25, 0.3) is 5.52 Å². The van der Waals surface area contributed by atoms with E-state index < -0.39 is 0 Å². The Morgan fingerprint density at radius 1 is 0.822 bits per heavy atom. The fourth-order valence-corrected chi connectivity index (χ4v) is 5.82. The van der Waals surface area contributed by atoms with Gasteiger partial charge in [-0.1, -0.05) is 69.5 Å². The first-order valence-electron chi connectivity index (χ1n) is 17.0. The van der Waals surface area contributed by atoms with Gasteiger partial charge in [-0.3, -0.25) is 9.59 Å². The fraction of sp³-hybridized carbons (Fsp3) is 0.514. The van der Waals surface area contributed by atoms with E-state index >= 15 is 0 Å². The summed E-state index contributed by atoms with van der Waals surface area (Å²) in [5.74, 6) is 0.850. The van der Waals surface area contributed by atoms with Crippen LogP contribution >= 0.6 is 0 Å². The molecule has 0 unspecified atom stereocenters. The maximum Gasteiger partial charge on any atom is 0.254 e. The highest BCUT2D eigenvalue weighted by Gasteiger charge is 2.22. The largest absolute Gasteiger partial charge is 0.337 e. The molecule has 1 amide bonds. The fourth-order valence-electron chi connectivity index (χ4n) is 5.82. The van der Waals surface area contributed by atoms with Gasteiger partial charge in [0.05, 0.1) is 5.69 Å². The van der Waals surface area contributed by atoms with Crippen LogP contribution in [0, 0.1) is 6.92 Å². The monoisotopic (exact) mass is 613 g/mol. The molecule has 3 aromatic heterocycles. The summed E-state index contributed by atoms with van der Waals surface area (Å²) in [7, 11) is 0. The Hall–Kier alpha value is -3.78. The lowest BCUT2D eigenvalue weighted by Crippen LogP contribution is -2.30. The summed E-state index contributed by atoms with van der Waals surface area (Å²) < 4.78 is 7.18. The predicted octanol–water partition coefficient (Wildman–Crippen LogP) is 7.70. The summed E-state index contributed by atoms with van der Waals surface area (Å²) in [6, 6.07) is 13.9. The molecule has 0 spiro atoms. The number of ketones is 1. The van der Waals surface area contributed by atoms with E-state index in [-0.39, 0.29) is 18.2 Å². The minimum absolute atomic E-state index is 0.0129. The lowest BCUT2D eigenvalue weighted by atomic mass is 10.00. The number of aromatic nitrogens is 3. The summed E-state index contributed by atoms with van der Waals surface area (Å²) in [6.45, 7) is 14.6. The van der Waals surface area contributed by atoms with Gasteiger partial charge in [0.25, 0.3) is 5.91 Å². The Labute approximate surface area is 268 Å². The molecule has 0 aliphatic carbocycles. The minimum atomic E-state index is -0.116. The second kappa shape index (κ2) is 17.1. The molecule has 4 rings (SSSR count). The molecule has 0 bridgehead atoms. The average molecular weight is 614 g/mol. The van der Waals surface area contributed by atoms with Crippen LogP contribution in [0.1, 0.15) is 122 Å². The third kappa shape index (κ3) is 9.13. The Bertz CT molecular complexity index is 1510. The Balaban J connectivity index is 1.50. The number of aryl methyl sites for hydroxylation is 3. The normalized spacial score (nSPS) is 11.5. The van der Waals surface area contributed by atoms with Gasteiger partial charge in [0.1, 0.15) is 6.54 Å². The van der Waals surface area contributed by atoms with Crippen molar-refractivity contribution in [2.24, 2.45) is 0 Å². The number of carbonyl (C=O) groups is 2. The minimum Gasteiger partial charge on any atom is -0.337 e. The van der Waals surface area contributed by atoms with Crippen LogP contribution in [-0.2, 0) is 19.4 Å². The van der Waals surface area contributed by atoms with Crippen molar-refractivity contribution in [2.75, 3.05) is 26.2 Å². The zero-order chi connectivity index (χ0) is 32.2. The molecule has 0 atom stereocenters. The first kappa shape index (κ1) is 34.1. The van der Waals surface area contributed by atoms with Crippen molar-refractivity contribution < 1.29 is 14.1 Å². The highest BCUT2D eigenvalue weighted by Crippen LogP contribution is 2.24. The van der Waals surface area contributed by atoms with Crippen LogP contribution in [0.15, 0.2) is 53.2 Å². The molecule has 0 N–H and O–H groups in total. The van der Waals surface area contributed by atoms with Crippen molar-refractivity contribution in [3.05, 3.63) is 88.3 Å². The molecule has 1 aromatic carbocycles. The Morgan fingerprint density at radius 2 is 1.51 bits per heavy atom. The molecule has 0 aliphatic rings. The van der Waals surface area contributed by atoms with Crippen LogP contribution in [0.5, 0.6) is 0 Å². The number of fused-ring (bicyclic) bond motifs is 1. The molecular formula is C37H51N5O3. The summed E-state index contributed by atoms with van der Waals surface area (Å²) >= 11 is 0. The Kier molecular flexibility index (Phi) is 12.9.